The van der Waals surface area contributed by atoms with Crippen molar-refractivity contribution in [3.63, 3.8) is 0 Å². The summed E-state index contributed by atoms with van der Waals surface area (Å²) >= 11 is 11.5. The first-order valence-electron chi connectivity index (χ1n) is 5.00. The Morgan fingerprint density at radius 3 is 2.61 bits per heavy atom. The topological polar surface area (TPSA) is 51.5 Å². The average molecular weight is 286 g/mol. The highest BCUT2D eigenvalue weighted by atomic mass is 35.5. The lowest BCUT2D eigenvalue weighted by atomic mass is 10.3. The molecule has 4 nitrogen and oxygen atoms in total. The van der Waals surface area contributed by atoms with Gasteiger partial charge < -0.3 is 14.5 Å². The van der Waals surface area contributed by atoms with Crippen LogP contribution in [0.2, 0.25) is 10.2 Å². The Morgan fingerprint density at radius 1 is 1.28 bits per heavy atom. The van der Waals surface area contributed by atoms with Crippen molar-refractivity contribution >= 4 is 34.8 Å². The molecular formula is C12H9Cl2NO3. The number of benzene rings is 1. The zero-order valence-electron chi connectivity index (χ0n) is 9.37. The maximum Gasteiger partial charge on any atom is 0.291 e. The molecule has 0 fully saturated rings. The molecule has 0 aliphatic rings. The van der Waals surface area contributed by atoms with Gasteiger partial charge in [-0.25, -0.2) is 0 Å². The normalized spacial score (nSPS) is 10.2. The maximum absolute atomic E-state index is 11.8. The zero-order valence-corrected chi connectivity index (χ0v) is 10.9. The first-order chi connectivity index (χ1) is 8.60. The van der Waals surface area contributed by atoms with Gasteiger partial charge in [0.1, 0.15) is 5.75 Å². The van der Waals surface area contributed by atoms with Crippen LogP contribution >= 0.6 is 23.2 Å². The van der Waals surface area contributed by atoms with E-state index in [-0.39, 0.29) is 11.0 Å². The second kappa shape index (κ2) is 5.33. The number of nitrogens with one attached hydrogen (secondary N) is 1. The van der Waals surface area contributed by atoms with Gasteiger partial charge in [0.15, 0.2) is 11.0 Å². The van der Waals surface area contributed by atoms with E-state index in [1.165, 1.54) is 19.2 Å². The molecule has 94 valence electrons. The third-order valence-electron chi connectivity index (χ3n) is 2.21. The van der Waals surface area contributed by atoms with E-state index in [4.69, 9.17) is 32.4 Å². The van der Waals surface area contributed by atoms with Gasteiger partial charge in [-0.3, -0.25) is 4.79 Å². The number of rotatable bonds is 3. The van der Waals surface area contributed by atoms with Gasteiger partial charge in [-0.15, -0.1) is 0 Å². The van der Waals surface area contributed by atoms with Crippen LogP contribution in [0.5, 0.6) is 5.75 Å². The summed E-state index contributed by atoms with van der Waals surface area (Å²) in [5.74, 6) is 0.269. The molecular weight excluding hydrogens is 277 g/mol. The van der Waals surface area contributed by atoms with Crippen LogP contribution in [-0.4, -0.2) is 13.0 Å². The monoisotopic (exact) mass is 285 g/mol. The van der Waals surface area contributed by atoms with Gasteiger partial charge in [-0.2, -0.15) is 0 Å². The largest absolute Gasteiger partial charge is 0.495 e. The molecule has 0 radical (unpaired) electrons. The number of carbonyl (C=O) groups excluding carboxylic acids is 1. The molecule has 0 atom stereocenters. The summed E-state index contributed by atoms with van der Waals surface area (Å²) < 4.78 is 10.0. The number of hydrogen-bond donors (Lipinski definition) is 1. The first-order valence-corrected chi connectivity index (χ1v) is 5.76. The maximum atomic E-state index is 11.8. The summed E-state index contributed by atoms with van der Waals surface area (Å²) in [6.07, 6.45) is 0. The van der Waals surface area contributed by atoms with Crippen LogP contribution in [0, 0.1) is 0 Å². The molecule has 0 saturated heterocycles. The Hall–Kier alpha value is -1.65. The third kappa shape index (κ3) is 2.78. The molecule has 0 aliphatic heterocycles. The van der Waals surface area contributed by atoms with E-state index < -0.39 is 5.91 Å². The molecule has 2 rings (SSSR count). The molecule has 18 heavy (non-hydrogen) atoms. The SMILES string of the molecule is COc1ccc(NC(=O)c2ccc(Cl)o2)cc1Cl. The fourth-order valence-corrected chi connectivity index (χ4v) is 1.78. The minimum absolute atomic E-state index is 0.131. The molecule has 1 heterocycles. The van der Waals surface area contributed by atoms with Crippen LogP contribution in [0.1, 0.15) is 10.6 Å². The average Bonchev–Trinajstić information content (AvgIpc) is 2.76. The van der Waals surface area contributed by atoms with Crippen molar-refractivity contribution in [2.45, 2.75) is 0 Å². The van der Waals surface area contributed by atoms with Gasteiger partial charge in [0.25, 0.3) is 5.91 Å². The minimum atomic E-state index is -0.400. The Balaban J connectivity index is 2.14. The molecule has 1 aromatic heterocycles. The molecule has 1 N–H and O–H groups in total. The van der Waals surface area contributed by atoms with Crippen LogP contribution in [0.25, 0.3) is 0 Å². The Kier molecular flexibility index (Phi) is 3.79. The van der Waals surface area contributed by atoms with Gasteiger partial charge in [0.2, 0.25) is 0 Å². The molecule has 0 aliphatic carbocycles. The summed E-state index contributed by atoms with van der Waals surface area (Å²) in [7, 11) is 1.52. The van der Waals surface area contributed by atoms with Crippen molar-refractivity contribution in [2.75, 3.05) is 12.4 Å². The summed E-state index contributed by atoms with van der Waals surface area (Å²) in [6.45, 7) is 0. The molecule has 1 amide bonds. The number of halogens is 2. The van der Waals surface area contributed by atoms with Crippen molar-refractivity contribution in [2.24, 2.45) is 0 Å². The van der Waals surface area contributed by atoms with Gasteiger partial charge in [-0.1, -0.05) is 11.6 Å². The zero-order chi connectivity index (χ0) is 13.1. The van der Waals surface area contributed by atoms with Crippen molar-refractivity contribution in [3.05, 3.63) is 46.3 Å². The molecule has 0 saturated carbocycles. The molecule has 6 heteroatoms. The summed E-state index contributed by atoms with van der Waals surface area (Å²) in [5, 5.41) is 3.20. The van der Waals surface area contributed by atoms with E-state index in [1.807, 2.05) is 0 Å². The van der Waals surface area contributed by atoms with Crippen LogP contribution in [0.3, 0.4) is 0 Å². The number of ether oxygens (including phenoxy) is 1. The predicted octanol–water partition coefficient (Wildman–Crippen LogP) is 3.85. The van der Waals surface area contributed by atoms with E-state index >= 15 is 0 Å². The Bertz CT molecular complexity index is 580. The first kappa shape index (κ1) is 12.8. The van der Waals surface area contributed by atoms with Crippen LogP contribution in [0.15, 0.2) is 34.7 Å². The number of amides is 1. The van der Waals surface area contributed by atoms with Crippen LogP contribution < -0.4 is 10.1 Å². The Morgan fingerprint density at radius 2 is 2.06 bits per heavy atom. The number of anilines is 1. The van der Waals surface area contributed by atoms with E-state index in [0.717, 1.165) is 0 Å². The van der Waals surface area contributed by atoms with Crippen LogP contribution in [-0.2, 0) is 0 Å². The van der Waals surface area contributed by atoms with Gasteiger partial charge in [-0.05, 0) is 41.9 Å². The second-order valence-electron chi connectivity index (χ2n) is 3.41. The van der Waals surface area contributed by atoms with Gasteiger partial charge in [0.05, 0.1) is 12.1 Å². The molecule has 0 bridgehead atoms. The molecule has 1 aromatic carbocycles. The third-order valence-corrected chi connectivity index (χ3v) is 2.71. The van der Waals surface area contributed by atoms with Gasteiger partial charge >= 0.3 is 0 Å². The fourth-order valence-electron chi connectivity index (χ4n) is 1.37. The molecule has 2 aromatic rings. The highest BCUT2D eigenvalue weighted by Gasteiger charge is 2.11. The van der Waals surface area contributed by atoms with E-state index in [1.54, 1.807) is 18.2 Å². The minimum Gasteiger partial charge on any atom is -0.495 e. The predicted molar refractivity (Wildman–Crippen MR) is 69.7 cm³/mol. The van der Waals surface area contributed by atoms with Crippen molar-refractivity contribution < 1.29 is 13.9 Å². The van der Waals surface area contributed by atoms with Crippen molar-refractivity contribution in [3.8, 4) is 5.75 Å². The van der Waals surface area contributed by atoms with Crippen LogP contribution in [0.4, 0.5) is 5.69 Å². The number of furan rings is 1. The quantitative estimate of drug-likeness (QED) is 0.932. The molecule has 0 spiro atoms. The number of hydrogen-bond acceptors (Lipinski definition) is 3. The summed E-state index contributed by atoms with van der Waals surface area (Å²) in [4.78, 5) is 11.8. The van der Waals surface area contributed by atoms with Gasteiger partial charge in [0, 0.05) is 5.69 Å². The second-order valence-corrected chi connectivity index (χ2v) is 4.19. The van der Waals surface area contributed by atoms with Crippen molar-refractivity contribution in [1.82, 2.24) is 0 Å². The lowest BCUT2D eigenvalue weighted by Gasteiger charge is -2.06. The Labute approximate surface area is 113 Å². The summed E-state index contributed by atoms with van der Waals surface area (Å²) in [6, 6.07) is 7.91. The molecule has 0 unspecified atom stereocenters. The lowest BCUT2D eigenvalue weighted by Crippen LogP contribution is -2.10. The smallest absolute Gasteiger partial charge is 0.291 e. The number of methoxy groups -OCH3 is 1. The van der Waals surface area contributed by atoms with E-state index in [9.17, 15) is 4.79 Å². The van der Waals surface area contributed by atoms with E-state index in [2.05, 4.69) is 5.32 Å². The highest BCUT2D eigenvalue weighted by Crippen LogP contribution is 2.27. The fraction of sp³-hybridized carbons (Fsp3) is 0.0833. The van der Waals surface area contributed by atoms with Crippen molar-refractivity contribution in [1.29, 1.82) is 0 Å². The summed E-state index contributed by atoms with van der Waals surface area (Å²) in [5.41, 5.74) is 0.540. The lowest BCUT2D eigenvalue weighted by molar-refractivity contribution is 0.0997. The van der Waals surface area contributed by atoms with E-state index in [0.29, 0.717) is 16.5 Å². The highest BCUT2D eigenvalue weighted by molar-refractivity contribution is 6.32. The number of carbonyl (C=O) groups is 1. The standard InChI is InChI=1S/C12H9Cl2NO3/c1-17-9-3-2-7(6-8(9)13)15-12(16)10-4-5-11(14)18-10/h2-6H,1H3,(H,15,16).